The van der Waals surface area contributed by atoms with Crippen LogP contribution in [-0.2, 0) is 113 Å². The van der Waals surface area contributed by atoms with Crippen LogP contribution in [-0.4, -0.2) is 316 Å². The van der Waals surface area contributed by atoms with Crippen LogP contribution in [0.15, 0.2) is 43.0 Å². The molecule has 45 heteroatoms. The highest BCUT2D eigenvalue weighted by Gasteiger charge is 2.35. The van der Waals surface area contributed by atoms with Crippen LogP contribution in [0.1, 0.15) is 78.5 Å². The number of aromatic nitrogens is 3. The van der Waals surface area contributed by atoms with Crippen LogP contribution >= 0.6 is 23.5 Å². The Labute approximate surface area is 685 Å². The van der Waals surface area contributed by atoms with Crippen molar-refractivity contribution in [3.05, 3.63) is 54.2 Å². The Kier molecular flexibility index (Phi) is 48.1. The molecular formula is C72H115N21O22S2. The molecule has 0 unspecified atom stereocenters. The summed E-state index contributed by atoms with van der Waals surface area (Å²) in [5.74, 6) is -12.6. The molecule has 1 aromatic carbocycles. The predicted molar refractivity (Wildman–Crippen MR) is 427 cm³/mol. The third-order valence-electron chi connectivity index (χ3n) is 16.6. The third kappa shape index (κ3) is 42.2. The molecule has 22 N–H and O–H groups in total. The average Bonchev–Trinajstić information content (AvgIpc) is 1.70. The molecule has 2 aromatic heterocycles. The smallest absolute Gasteiger partial charge is 0.246 e. The van der Waals surface area contributed by atoms with Gasteiger partial charge in [0.25, 0.3) is 0 Å². The summed E-state index contributed by atoms with van der Waals surface area (Å²) in [5.41, 5.74) is 12.7. The average molecular weight is 1690 g/mol. The number of thioether (sulfide) groups is 2. The van der Waals surface area contributed by atoms with E-state index in [0.29, 0.717) is 27.9 Å². The zero-order chi connectivity index (χ0) is 86.9. The van der Waals surface area contributed by atoms with Gasteiger partial charge in [-0.25, -0.2) is 4.98 Å². The number of amides is 17. The van der Waals surface area contributed by atoms with Gasteiger partial charge >= 0.3 is 0 Å². The standard InChI is InChI=1S/C72H115N21O22S2/c1-41(2)26-51(69(108)88-49(64(74)103)16-25-116-9)89-70(109)53(28-46-30-75-39-82-46)86-59(99)33-81-72(111)63(42(3)4)92-65(104)43(5)84-68(107)52(27-45-29-78-48-13-11-10-12-47(45)48)90-67(106)50(14-15-56(73)96)85-58(98)32-79-62(102)37-115-24-22-113-20-18-77-61(101)36-114-23-21-112-19-17-76-57(97)31-80-66(105)55(38-117-40-83-44(6)95)91-71(110)54(35-94)87-60(100)34-93(7)8/h10-13,29-30,39,41-43,49-55,63,78,94H,14-28,31-38,40H2,1-9H3,(H2,73,96)(H2,74,103)(H,75,82)(H,76,97)(H,77,101)(H,79,102)(H,80,105)(H,81,111)(H,83,95)(H,84,107)(H,85,98)(H,86,99)(H,87,100)(H,88,108)(H,89,109)(H,90,106)(H,91,110)(H,92,104)/t43-,49-,50-,51-,52-,53-,54-,55-,63-/m0/s1. The Bertz CT molecular complexity index is 3740. The lowest BCUT2D eigenvalue weighted by Gasteiger charge is -2.26. The second-order valence-electron chi connectivity index (χ2n) is 27.6. The van der Waals surface area contributed by atoms with E-state index < -0.39 is 194 Å². The van der Waals surface area contributed by atoms with Crippen LogP contribution in [0.3, 0.4) is 0 Å². The van der Waals surface area contributed by atoms with Crippen molar-refractivity contribution in [2.45, 2.75) is 134 Å². The van der Waals surface area contributed by atoms with Gasteiger partial charge in [0.05, 0.1) is 84.6 Å². The van der Waals surface area contributed by atoms with Crippen molar-refractivity contribution in [1.82, 2.24) is 99.6 Å². The molecule has 43 nitrogen and oxygen atoms in total. The summed E-state index contributed by atoms with van der Waals surface area (Å²) in [4.78, 5) is 233. The van der Waals surface area contributed by atoms with Gasteiger partial charge in [0.1, 0.15) is 67.6 Å². The Morgan fingerprint density at radius 2 is 1.07 bits per heavy atom. The number of aliphatic hydroxyl groups is 1. The Hall–Kier alpha value is -10.6. The highest BCUT2D eigenvalue weighted by Crippen LogP contribution is 2.20. The van der Waals surface area contributed by atoms with Crippen LogP contribution in [0, 0.1) is 11.8 Å². The minimum atomic E-state index is -1.50. The first kappa shape index (κ1) is 101. The van der Waals surface area contributed by atoms with Gasteiger partial charge in [-0.15, -0.1) is 11.8 Å². The number of fused-ring (bicyclic) bond motifs is 1. The monoisotopic (exact) mass is 1690 g/mol. The summed E-state index contributed by atoms with van der Waals surface area (Å²) in [7, 11) is 3.27. The zero-order valence-corrected chi connectivity index (χ0v) is 68.9. The molecule has 0 saturated carbocycles. The van der Waals surface area contributed by atoms with Crippen molar-refractivity contribution in [3.63, 3.8) is 0 Å². The Morgan fingerprint density at radius 3 is 1.67 bits per heavy atom. The minimum absolute atomic E-state index is 0.00128. The van der Waals surface area contributed by atoms with E-state index in [1.807, 2.05) is 20.1 Å². The molecule has 17 amide bonds. The van der Waals surface area contributed by atoms with Crippen LogP contribution in [0.4, 0.5) is 0 Å². The fraction of sp³-hybridized carbons (Fsp3) is 0.611. The second kappa shape index (κ2) is 55.9. The number of para-hydroxylation sites is 1. The molecule has 652 valence electrons. The first-order valence-corrected chi connectivity index (χ1v) is 40.2. The molecular weight excluding hydrogens is 1580 g/mol. The SMILES string of the molecule is CSCC[C@H](NC(=O)[C@H](CC(C)C)NC(=O)[C@H](Cc1cnc[nH]1)NC(=O)CNC(=O)[C@@H](NC(=O)[C@H](C)NC(=O)[C@H](Cc1c[nH]c2ccccc12)NC(=O)[C@H](CCC(N)=O)NC(=O)CNC(=O)COCCOCCNC(=O)COCCOCCNC(=O)CNC(=O)[C@H](CSCNC(C)=O)NC(=O)[C@H](CO)NC(=O)CN(C)C)C(C)C)C(N)=O. The van der Waals surface area contributed by atoms with E-state index in [0.717, 1.165) is 11.8 Å². The zero-order valence-electron chi connectivity index (χ0n) is 67.2. The van der Waals surface area contributed by atoms with E-state index in [1.54, 1.807) is 63.3 Å². The van der Waals surface area contributed by atoms with E-state index in [9.17, 15) is 86.6 Å². The maximum atomic E-state index is 14.3. The Balaban J connectivity index is 1.46. The van der Waals surface area contributed by atoms with Gasteiger partial charge in [-0.1, -0.05) is 45.9 Å². The number of hydrogen-bond acceptors (Lipinski definition) is 26. The first-order chi connectivity index (χ1) is 55.6. The minimum Gasteiger partial charge on any atom is -0.394 e. The number of aliphatic hydroxyl groups excluding tert-OH is 1. The molecule has 0 aliphatic heterocycles. The molecule has 3 rings (SSSR count). The van der Waals surface area contributed by atoms with Crippen molar-refractivity contribution < 1.29 is 106 Å². The summed E-state index contributed by atoms with van der Waals surface area (Å²) in [6.45, 7) is 6.25. The lowest BCUT2D eigenvalue weighted by molar-refractivity contribution is -0.135. The van der Waals surface area contributed by atoms with Gasteiger partial charge in [0, 0.05) is 74.0 Å². The molecule has 0 bridgehead atoms. The van der Waals surface area contributed by atoms with Crippen molar-refractivity contribution >= 4 is 135 Å². The molecule has 0 spiro atoms. The lowest BCUT2D eigenvalue weighted by atomic mass is 10.0. The number of primary amides is 2. The number of H-pyrrole nitrogens is 2. The number of likely N-dealkylation sites (N-methyl/N-ethyl adjacent to an activating group) is 1. The van der Waals surface area contributed by atoms with Gasteiger partial charge in [-0.3, -0.25) is 81.5 Å². The van der Waals surface area contributed by atoms with E-state index in [1.165, 1.54) is 38.1 Å². The number of carbonyl (C=O) groups is 17. The van der Waals surface area contributed by atoms with E-state index in [2.05, 4.69) is 94.7 Å². The number of benzene rings is 1. The number of nitrogens with zero attached hydrogens (tertiary/aromatic N) is 2. The summed E-state index contributed by atoms with van der Waals surface area (Å²) in [6, 6.07) is -4.63. The van der Waals surface area contributed by atoms with Crippen LogP contribution in [0.2, 0.25) is 0 Å². The predicted octanol–water partition coefficient (Wildman–Crippen LogP) is -7.71. The second-order valence-corrected chi connectivity index (χ2v) is 29.7. The number of carbonyl (C=O) groups excluding carboxylic acids is 17. The van der Waals surface area contributed by atoms with Crippen molar-refractivity contribution in [2.24, 2.45) is 23.3 Å². The molecule has 117 heavy (non-hydrogen) atoms. The van der Waals surface area contributed by atoms with E-state index in [4.69, 9.17) is 30.4 Å². The molecule has 0 radical (unpaired) electrons. The summed E-state index contributed by atoms with van der Waals surface area (Å²) >= 11 is 2.55. The maximum absolute atomic E-state index is 14.3. The van der Waals surface area contributed by atoms with Gasteiger partial charge in [0.15, 0.2) is 0 Å². The number of ether oxygens (including phenoxy) is 4. The van der Waals surface area contributed by atoms with Gasteiger partial charge in [0.2, 0.25) is 100 Å². The largest absolute Gasteiger partial charge is 0.394 e. The molecule has 0 saturated heterocycles. The lowest BCUT2D eigenvalue weighted by Crippen LogP contribution is -2.59. The number of imidazole rings is 1. The highest BCUT2D eigenvalue weighted by molar-refractivity contribution is 7.99. The van der Waals surface area contributed by atoms with Crippen LogP contribution < -0.4 is 91.2 Å². The maximum Gasteiger partial charge on any atom is 0.246 e. The fourth-order valence-electron chi connectivity index (χ4n) is 10.5. The van der Waals surface area contributed by atoms with Crippen LogP contribution in [0.25, 0.3) is 10.9 Å². The fourth-order valence-corrected chi connectivity index (χ4v) is 11.9. The first-order valence-electron chi connectivity index (χ1n) is 37.6. The molecule has 0 aliphatic carbocycles. The topological polar surface area (TPSA) is 628 Å². The van der Waals surface area contributed by atoms with Gasteiger partial charge in [-0.2, -0.15) is 11.8 Å². The van der Waals surface area contributed by atoms with Crippen molar-refractivity contribution in [3.8, 4) is 0 Å². The molecule has 2 heterocycles. The van der Waals surface area contributed by atoms with E-state index in [-0.39, 0.29) is 121 Å². The molecule has 3 aromatic rings. The summed E-state index contributed by atoms with van der Waals surface area (Å²) < 4.78 is 21.5. The summed E-state index contributed by atoms with van der Waals surface area (Å²) in [5, 5.41) is 48.3. The van der Waals surface area contributed by atoms with Crippen LogP contribution in [0.5, 0.6) is 0 Å². The van der Waals surface area contributed by atoms with Gasteiger partial charge < -0.3 is 130 Å². The molecule has 9 atom stereocenters. The highest BCUT2D eigenvalue weighted by atomic mass is 32.2. The number of hydrogen-bond donors (Lipinski definition) is 20. The normalized spacial score (nSPS) is 13.4. The number of aromatic amines is 2. The number of nitrogens with one attached hydrogen (secondary N) is 17. The van der Waals surface area contributed by atoms with Crippen molar-refractivity contribution in [2.75, 3.05) is 136 Å². The third-order valence-corrected chi connectivity index (χ3v) is 18.1. The summed E-state index contributed by atoms with van der Waals surface area (Å²) in [6.07, 6.45) is 5.57. The van der Waals surface area contributed by atoms with Crippen molar-refractivity contribution in [1.29, 1.82) is 0 Å². The number of rotatable bonds is 60. The molecule has 0 fully saturated rings. The quantitative estimate of drug-likeness (QED) is 0.0184. The molecule has 0 aliphatic rings. The van der Waals surface area contributed by atoms with Gasteiger partial charge in [-0.05, 0) is 75.8 Å². The number of nitrogens with two attached hydrogens (primary N) is 2. The Morgan fingerprint density at radius 1 is 0.530 bits per heavy atom. The van der Waals surface area contributed by atoms with E-state index >= 15 is 0 Å².